The van der Waals surface area contributed by atoms with Gasteiger partial charge in [0, 0.05) is 17.1 Å². The largest absolute Gasteiger partial charge is 0.318 e. The van der Waals surface area contributed by atoms with Gasteiger partial charge < -0.3 is 4.57 Å². The number of benzene rings is 1. The van der Waals surface area contributed by atoms with Crippen LogP contribution in [0, 0.1) is 32.1 Å². The van der Waals surface area contributed by atoms with Crippen molar-refractivity contribution in [3.8, 4) is 11.8 Å². The Bertz CT molecular complexity index is 1330. The fourth-order valence-corrected chi connectivity index (χ4v) is 5.06. The van der Waals surface area contributed by atoms with E-state index < -0.39 is 15.7 Å². The molecule has 1 N–H and O–H groups in total. The van der Waals surface area contributed by atoms with Gasteiger partial charge in [-0.05, 0) is 56.2 Å². The van der Waals surface area contributed by atoms with Gasteiger partial charge in [-0.1, -0.05) is 30.4 Å². The zero-order valence-corrected chi connectivity index (χ0v) is 19.1. The van der Waals surface area contributed by atoms with Crippen molar-refractivity contribution < 1.29 is 13.2 Å². The minimum Gasteiger partial charge on any atom is -0.318 e. The maximum absolute atomic E-state index is 12.6. The van der Waals surface area contributed by atoms with Gasteiger partial charge in [0.2, 0.25) is 19.3 Å². The summed E-state index contributed by atoms with van der Waals surface area (Å²) in [5.74, 6) is -0.797. The summed E-state index contributed by atoms with van der Waals surface area (Å²) in [6.45, 7) is 7.39. The fourth-order valence-electron chi connectivity index (χ4n) is 3.08. The zero-order valence-electron chi connectivity index (χ0n) is 17.5. The van der Waals surface area contributed by atoms with E-state index in [-0.39, 0.29) is 20.8 Å². The minimum atomic E-state index is -3.51. The Morgan fingerprint density at radius 2 is 2.00 bits per heavy atom. The molecule has 0 aliphatic rings. The number of carbonyl (C=O) groups is 1. The van der Waals surface area contributed by atoms with Crippen LogP contribution in [0.5, 0.6) is 0 Å². The first kappa shape index (κ1) is 22.4. The monoisotopic (exact) mass is 455 g/mol. The van der Waals surface area contributed by atoms with Crippen LogP contribution in [0.1, 0.15) is 29.4 Å². The first-order valence-corrected chi connectivity index (χ1v) is 11.9. The van der Waals surface area contributed by atoms with Gasteiger partial charge in [0.15, 0.2) is 0 Å². The molecule has 2 aromatic heterocycles. The number of anilines is 1. The molecule has 0 radical (unpaired) electrons. The van der Waals surface area contributed by atoms with Gasteiger partial charge in [-0.2, -0.15) is 5.26 Å². The average Bonchev–Trinajstić information content (AvgIpc) is 3.30. The van der Waals surface area contributed by atoms with Gasteiger partial charge in [0.1, 0.15) is 11.6 Å². The van der Waals surface area contributed by atoms with Crippen LogP contribution in [0.2, 0.25) is 0 Å². The number of amides is 1. The van der Waals surface area contributed by atoms with Crippen molar-refractivity contribution in [3.63, 3.8) is 0 Å². The summed E-state index contributed by atoms with van der Waals surface area (Å²) in [4.78, 5) is 12.6. The first-order chi connectivity index (χ1) is 14.7. The topological polar surface area (TPSA) is 118 Å². The van der Waals surface area contributed by atoms with Gasteiger partial charge in [-0.3, -0.25) is 10.1 Å². The second kappa shape index (κ2) is 8.83. The third-order valence-corrected chi connectivity index (χ3v) is 7.69. The lowest BCUT2D eigenvalue weighted by molar-refractivity contribution is -0.112. The number of carbonyl (C=O) groups excluding carboxylic acids is 1. The first-order valence-electron chi connectivity index (χ1n) is 9.41. The van der Waals surface area contributed by atoms with Crippen molar-refractivity contribution in [3.05, 3.63) is 58.4 Å². The van der Waals surface area contributed by atoms with Crippen LogP contribution in [-0.2, 0) is 14.6 Å². The van der Waals surface area contributed by atoms with E-state index >= 15 is 0 Å². The quantitative estimate of drug-likeness (QED) is 0.345. The third kappa shape index (κ3) is 4.73. The molecule has 0 aliphatic carbocycles. The summed E-state index contributed by atoms with van der Waals surface area (Å²) >= 11 is 0.752. The van der Waals surface area contributed by atoms with Crippen molar-refractivity contribution in [2.45, 2.75) is 32.0 Å². The molecule has 0 spiro atoms. The molecule has 3 aromatic rings. The summed E-state index contributed by atoms with van der Waals surface area (Å²) in [5.41, 5.74) is 4.58. The molecule has 31 heavy (non-hydrogen) atoms. The van der Waals surface area contributed by atoms with Gasteiger partial charge in [0.05, 0.1) is 5.75 Å². The maximum atomic E-state index is 12.6. The van der Waals surface area contributed by atoms with Gasteiger partial charge in [-0.15, -0.1) is 10.2 Å². The van der Waals surface area contributed by atoms with E-state index in [1.165, 1.54) is 13.0 Å². The molecule has 1 aromatic carbocycles. The lowest BCUT2D eigenvalue weighted by Crippen LogP contribution is -2.13. The van der Waals surface area contributed by atoms with Crippen LogP contribution in [0.3, 0.4) is 0 Å². The zero-order chi connectivity index (χ0) is 22.8. The lowest BCUT2D eigenvalue weighted by atomic mass is 10.1. The number of nitrogens with one attached hydrogen (secondary N) is 1. The van der Waals surface area contributed by atoms with Gasteiger partial charge in [0.25, 0.3) is 5.91 Å². The molecule has 160 valence electrons. The number of aryl methyl sites for hydroxylation is 2. The predicted molar refractivity (Wildman–Crippen MR) is 120 cm³/mol. The van der Waals surface area contributed by atoms with Crippen LogP contribution >= 0.6 is 11.3 Å². The summed E-state index contributed by atoms with van der Waals surface area (Å²) in [6.07, 6.45) is 1.51. The van der Waals surface area contributed by atoms with E-state index in [1.807, 2.05) is 51.1 Å². The molecule has 0 saturated carbocycles. The van der Waals surface area contributed by atoms with Crippen LogP contribution < -0.4 is 5.32 Å². The average molecular weight is 456 g/mol. The number of aromatic nitrogens is 3. The van der Waals surface area contributed by atoms with Crippen LogP contribution in [-0.4, -0.2) is 34.8 Å². The Balaban J connectivity index is 1.90. The number of hydrogen-bond acceptors (Lipinski definition) is 7. The molecule has 0 aliphatic heterocycles. The van der Waals surface area contributed by atoms with Crippen molar-refractivity contribution in [2.75, 3.05) is 11.1 Å². The normalized spacial score (nSPS) is 11.9. The van der Waals surface area contributed by atoms with E-state index in [1.54, 1.807) is 0 Å². The van der Waals surface area contributed by atoms with Crippen molar-refractivity contribution in [1.29, 1.82) is 5.26 Å². The summed E-state index contributed by atoms with van der Waals surface area (Å²) < 4.78 is 25.6. The molecule has 1 amide bonds. The molecule has 0 unspecified atom stereocenters. The summed E-state index contributed by atoms with van der Waals surface area (Å²) in [6, 6.07) is 11.8. The van der Waals surface area contributed by atoms with Gasteiger partial charge >= 0.3 is 0 Å². The molecule has 3 rings (SSSR count). The highest BCUT2D eigenvalue weighted by Crippen LogP contribution is 2.25. The number of hydrogen-bond donors (Lipinski definition) is 1. The van der Waals surface area contributed by atoms with E-state index in [2.05, 4.69) is 26.1 Å². The number of nitriles is 1. The van der Waals surface area contributed by atoms with E-state index in [4.69, 9.17) is 0 Å². The number of rotatable bonds is 6. The van der Waals surface area contributed by atoms with Crippen molar-refractivity contribution in [2.24, 2.45) is 0 Å². The molecule has 0 fully saturated rings. The molecular weight excluding hydrogens is 434 g/mol. The van der Waals surface area contributed by atoms with E-state index in [0.29, 0.717) is 0 Å². The van der Waals surface area contributed by atoms with E-state index in [9.17, 15) is 18.5 Å². The molecule has 8 nitrogen and oxygen atoms in total. The van der Waals surface area contributed by atoms with Crippen LogP contribution in [0.4, 0.5) is 5.13 Å². The molecule has 2 heterocycles. The Hall–Kier alpha value is -3.29. The van der Waals surface area contributed by atoms with E-state index in [0.717, 1.165) is 39.5 Å². The molecular formula is C21H21N5O3S2. The Labute approximate surface area is 184 Å². The smallest absolute Gasteiger partial charge is 0.268 e. The Morgan fingerprint density at radius 1 is 1.26 bits per heavy atom. The fraction of sp³-hybridized carbons (Fsp3) is 0.238. The predicted octanol–water partition coefficient (Wildman–Crippen LogP) is 3.59. The van der Waals surface area contributed by atoms with Crippen LogP contribution in [0.15, 0.2) is 40.2 Å². The highest BCUT2D eigenvalue weighted by Gasteiger charge is 2.20. The molecule has 0 atom stereocenters. The summed E-state index contributed by atoms with van der Waals surface area (Å²) in [5, 5.41) is 19.3. The second-order valence-electron chi connectivity index (χ2n) is 6.90. The standard InChI is InChI=1S/C21H21N5O3S2/c1-5-31(28,29)21-25-24-20(30-21)23-19(27)17(12-22)11-16-10-14(3)26(15(16)4)18-8-6-7-13(2)9-18/h6-11H,5H2,1-4H3,(H,23,24,27). The molecule has 10 heteroatoms. The van der Waals surface area contributed by atoms with Crippen molar-refractivity contribution >= 4 is 38.3 Å². The second-order valence-corrected chi connectivity index (χ2v) is 10.3. The SMILES string of the molecule is CCS(=O)(=O)c1nnc(NC(=O)C(C#N)=Cc2cc(C)n(-c3cccc(C)c3)c2C)s1. The third-order valence-electron chi connectivity index (χ3n) is 4.67. The number of nitrogens with zero attached hydrogens (tertiary/aromatic N) is 4. The number of sulfone groups is 1. The van der Waals surface area contributed by atoms with Crippen LogP contribution in [0.25, 0.3) is 11.8 Å². The highest BCUT2D eigenvalue weighted by molar-refractivity contribution is 7.93. The minimum absolute atomic E-state index is 0.0170. The lowest BCUT2D eigenvalue weighted by Gasteiger charge is -2.10. The Morgan fingerprint density at radius 3 is 2.65 bits per heavy atom. The van der Waals surface area contributed by atoms with Gasteiger partial charge in [-0.25, -0.2) is 8.42 Å². The molecule has 0 bridgehead atoms. The Kier molecular flexibility index (Phi) is 6.38. The maximum Gasteiger partial charge on any atom is 0.268 e. The summed E-state index contributed by atoms with van der Waals surface area (Å²) in [7, 11) is -3.51. The van der Waals surface area contributed by atoms with Crippen molar-refractivity contribution in [1.82, 2.24) is 14.8 Å². The molecule has 0 saturated heterocycles. The highest BCUT2D eigenvalue weighted by atomic mass is 32.2.